The summed E-state index contributed by atoms with van der Waals surface area (Å²) >= 11 is 0. The Labute approximate surface area is 219 Å². The van der Waals surface area contributed by atoms with Crippen molar-refractivity contribution in [2.75, 3.05) is 11.5 Å². The lowest BCUT2D eigenvalue weighted by Crippen LogP contribution is -2.58. The van der Waals surface area contributed by atoms with E-state index in [-0.39, 0.29) is 72.6 Å². The molecule has 9 atom stereocenters. The minimum absolute atomic E-state index is 0.0256. The quantitative estimate of drug-likeness (QED) is 0.185. The fourth-order valence-electron chi connectivity index (χ4n) is 7.64. The third-order valence-corrected chi connectivity index (χ3v) is 11.6. The molecular weight excluding hydrogens is 504 g/mol. The van der Waals surface area contributed by atoms with E-state index in [9.17, 15) is 19.2 Å². The second kappa shape index (κ2) is 10.0. The van der Waals surface area contributed by atoms with Gasteiger partial charge < -0.3 is 18.9 Å². The zero-order chi connectivity index (χ0) is 24.9. The number of fused-ring (bicyclic) bond motifs is 3. The molecule has 198 valence electrons. The maximum Gasteiger partial charge on any atom is 0.312 e. The van der Waals surface area contributed by atoms with Gasteiger partial charge >= 0.3 is 23.9 Å². The molecule has 0 N–H and O–H groups in total. The van der Waals surface area contributed by atoms with Crippen molar-refractivity contribution in [2.24, 2.45) is 35.5 Å². The summed E-state index contributed by atoms with van der Waals surface area (Å²) < 4.78 is 22.9. The number of rotatable bonds is 9. The van der Waals surface area contributed by atoms with Gasteiger partial charge in [-0.15, -0.1) is 0 Å². The smallest absolute Gasteiger partial charge is 0.312 e. The summed E-state index contributed by atoms with van der Waals surface area (Å²) in [4.78, 5) is 49.5. The van der Waals surface area contributed by atoms with Gasteiger partial charge in [-0.05, 0) is 63.2 Å². The van der Waals surface area contributed by atoms with Crippen LogP contribution in [0.2, 0.25) is 0 Å². The number of hydrogen-bond acceptors (Lipinski definition) is 10. The topological polar surface area (TPSA) is 105 Å². The van der Waals surface area contributed by atoms with E-state index in [2.05, 4.69) is 0 Å². The lowest BCUT2D eigenvalue weighted by molar-refractivity contribution is -0.288. The predicted octanol–water partition coefficient (Wildman–Crippen LogP) is 4.04. The summed E-state index contributed by atoms with van der Waals surface area (Å²) in [5.74, 6) is 0.559. The molecule has 8 nitrogen and oxygen atoms in total. The van der Waals surface area contributed by atoms with Crippen LogP contribution >= 0.6 is 21.6 Å². The fraction of sp³-hybridized carbons (Fsp3) is 0.846. The van der Waals surface area contributed by atoms with E-state index in [1.165, 1.54) is 21.6 Å². The van der Waals surface area contributed by atoms with Crippen LogP contribution in [0, 0.1) is 35.5 Å². The number of carbonyl (C=O) groups is 4. The van der Waals surface area contributed by atoms with Crippen molar-refractivity contribution in [3.8, 4) is 0 Å². The third kappa shape index (κ3) is 4.88. The Bertz CT molecular complexity index is 926. The lowest BCUT2D eigenvalue weighted by atomic mass is 9.63. The Kier molecular flexibility index (Phi) is 6.94. The van der Waals surface area contributed by atoms with Gasteiger partial charge in [0.15, 0.2) is 0 Å². The molecular formula is C26H34O8S2. The van der Waals surface area contributed by atoms with Crippen LogP contribution in [0.3, 0.4) is 0 Å². The highest BCUT2D eigenvalue weighted by atomic mass is 33.1. The SMILES string of the molecule is O=C(CCSSCCC(=O)OC12CCC3CC(CC1C3)C(=O)O2)OC1C2CC3CC(C2)C(=O)OC1C3. The molecule has 7 bridgehead atoms. The first-order valence-electron chi connectivity index (χ1n) is 13.5. The van der Waals surface area contributed by atoms with Crippen LogP contribution < -0.4 is 0 Å². The van der Waals surface area contributed by atoms with E-state index in [1.54, 1.807) is 0 Å². The van der Waals surface area contributed by atoms with Crippen LogP contribution in [0.1, 0.15) is 70.6 Å². The normalized spacial score (nSPS) is 41.9. The average Bonchev–Trinajstić information content (AvgIpc) is 3.00. The number of esters is 4. The highest BCUT2D eigenvalue weighted by Crippen LogP contribution is 2.54. The third-order valence-electron chi connectivity index (χ3n) is 9.19. The largest absolute Gasteiger partial charge is 0.458 e. The van der Waals surface area contributed by atoms with E-state index >= 15 is 0 Å². The molecule has 7 rings (SSSR count). The average molecular weight is 539 g/mol. The Balaban J connectivity index is 0.890. The van der Waals surface area contributed by atoms with Gasteiger partial charge in [0.25, 0.3) is 5.79 Å². The molecule has 0 radical (unpaired) electrons. The van der Waals surface area contributed by atoms with Gasteiger partial charge in [-0.1, -0.05) is 21.6 Å². The Morgan fingerprint density at radius 1 is 0.861 bits per heavy atom. The van der Waals surface area contributed by atoms with Crippen molar-refractivity contribution < 1.29 is 38.1 Å². The summed E-state index contributed by atoms with van der Waals surface area (Å²) in [6.45, 7) is 0. The van der Waals surface area contributed by atoms with Gasteiger partial charge in [0.2, 0.25) is 0 Å². The second-order valence-corrected chi connectivity index (χ2v) is 14.3. The molecule has 3 aliphatic heterocycles. The summed E-state index contributed by atoms with van der Waals surface area (Å²) in [5, 5.41) is 0. The molecule has 7 aliphatic rings. The van der Waals surface area contributed by atoms with Crippen LogP contribution in [-0.2, 0) is 38.1 Å². The summed E-state index contributed by atoms with van der Waals surface area (Å²) in [5.41, 5.74) is 0. The fourth-order valence-corrected chi connectivity index (χ4v) is 9.58. The molecule has 4 saturated carbocycles. The van der Waals surface area contributed by atoms with Gasteiger partial charge in [-0.3, -0.25) is 19.2 Å². The molecule has 3 heterocycles. The standard InChI is InChI=1S/C26H34O8S2/c27-21(32-23-16-8-15-9-17(12-16)24(29)31-20(23)11-15)2-5-35-36-6-3-22(28)33-26-4-1-14-7-18(25(30)34-26)13-19(26)10-14/h14-20,23H,1-13H2. The first kappa shape index (κ1) is 24.9. The molecule has 4 aliphatic carbocycles. The monoisotopic (exact) mass is 538 g/mol. The molecule has 0 amide bonds. The van der Waals surface area contributed by atoms with Gasteiger partial charge in [0.1, 0.15) is 12.2 Å². The minimum Gasteiger partial charge on any atom is -0.458 e. The van der Waals surface area contributed by atoms with Crippen LogP contribution in [0.15, 0.2) is 0 Å². The minimum atomic E-state index is -1.05. The maximum atomic E-state index is 12.5. The van der Waals surface area contributed by atoms with Gasteiger partial charge in [0.05, 0.1) is 24.7 Å². The van der Waals surface area contributed by atoms with Crippen molar-refractivity contribution in [3.63, 3.8) is 0 Å². The van der Waals surface area contributed by atoms with Crippen LogP contribution in [0.5, 0.6) is 0 Å². The Morgan fingerprint density at radius 3 is 2.44 bits per heavy atom. The summed E-state index contributed by atoms with van der Waals surface area (Å²) in [6, 6.07) is 0. The Morgan fingerprint density at radius 2 is 1.61 bits per heavy atom. The Hall–Kier alpha value is -1.42. The number of hydrogen-bond donors (Lipinski definition) is 0. The highest BCUT2D eigenvalue weighted by Gasteiger charge is 2.58. The second-order valence-electron chi connectivity index (χ2n) is 11.6. The first-order valence-corrected chi connectivity index (χ1v) is 16.0. The predicted molar refractivity (Wildman–Crippen MR) is 131 cm³/mol. The molecule has 0 aromatic heterocycles. The van der Waals surface area contributed by atoms with E-state index in [1.807, 2.05) is 0 Å². The maximum absolute atomic E-state index is 12.5. The number of carbonyl (C=O) groups excluding carboxylic acids is 4. The molecule has 0 aromatic carbocycles. The molecule has 0 spiro atoms. The molecule has 7 fully saturated rings. The van der Waals surface area contributed by atoms with E-state index in [4.69, 9.17) is 18.9 Å². The summed E-state index contributed by atoms with van der Waals surface area (Å²) in [6.07, 6.45) is 7.65. The van der Waals surface area contributed by atoms with Crippen molar-refractivity contribution >= 4 is 45.5 Å². The molecule has 3 saturated heterocycles. The zero-order valence-electron chi connectivity index (χ0n) is 20.4. The van der Waals surface area contributed by atoms with Gasteiger partial charge in [0, 0.05) is 29.8 Å². The van der Waals surface area contributed by atoms with Crippen molar-refractivity contribution in [2.45, 2.75) is 88.6 Å². The van der Waals surface area contributed by atoms with Crippen molar-refractivity contribution in [3.05, 3.63) is 0 Å². The molecule has 36 heavy (non-hydrogen) atoms. The van der Waals surface area contributed by atoms with Crippen LogP contribution in [-0.4, -0.2) is 53.4 Å². The zero-order valence-corrected chi connectivity index (χ0v) is 22.0. The molecule has 0 aromatic rings. The van der Waals surface area contributed by atoms with E-state index in [0.29, 0.717) is 29.8 Å². The molecule has 9 unspecified atom stereocenters. The number of ether oxygens (including phenoxy) is 4. The summed E-state index contributed by atoms with van der Waals surface area (Å²) in [7, 11) is 3.05. The lowest BCUT2D eigenvalue weighted by Gasteiger charge is -2.52. The van der Waals surface area contributed by atoms with Gasteiger partial charge in [-0.2, -0.15) is 0 Å². The first-order chi connectivity index (χ1) is 17.4. The van der Waals surface area contributed by atoms with Crippen molar-refractivity contribution in [1.29, 1.82) is 0 Å². The van der Waals surface area contributed by atoms with Gasteiger partial charge in [-0.25, -0.2) is 0 Å². The van der Waals surface area contributed by atoms with Crippen molar-refractivity contribution in [1.82, 2.24) is 0 Å². The van der Waals surface area contributed by atoms with Crippen LogP contribution in [0.4, 0.5) is 0 Å². The van der Waals surface area contributed by atoms with E-state index < -0.39 is 5.79 Å². The van der Waals surface area contributed by atoms with E-state index in [0.717, 1.165) is 51.4 Å². The van der Waals surface area contributed by atoms with Crippen LogP contribution in [0.25, 0.3) is 0 Å². The molecule has 10 heteroatoms. The highest BCUT2D eigenvalue weighted by molar-refractivity contribution is 8.76.